The third kappa shape index (κ3) is 1.08. The summed E-state index contributed by atoms with van der Waals surface area (Å²) in [7, 11) is 0. The van der Waals surface area contributed by atoms with Crippen molar-refractivity contribution in [1.29, 1.82) is 5.26 Å². The molecule has 0 unspecified atom stereocenters. The van der Waals surface area contributed by atoms with Crippen molar-refractivity contribution in [3.63, 3.8) is 0 Å². The highest BCUT2D eigenvalue weighted by Crippen LogP contribution is 2.03. The highest BCUT2D eigenvalue weighted by atomic mass is 16.2. The fraction of sp³-hybridized carbons (Fsp3) is 0.143. The minimum Gasteiger partial charge on any atom is -0.285 e. The molecule has 4 nitrogen and oxygen atoms in total. The van der Waals surface area contributed by atoms with Gasteiger partial charge in [0.2, 0.25) is 5.78 Å². The molecule has 0 aliphatic carbocycles. The van der Waals surface area contributed by atoms with E-state index in [0.29, 0.717) is 0 Å². The third-order valence-corrected chi connectivity index (χ3v) is 1.27. The van der Waals surface area contributed by atoms with Crippen molar-refractivity contribution in [2.45, 2.75) is 6.92 Å². The second-order valence-electron chi connectivity index (χ2n) is 2.06. The van der Waals surface area contributed by atoms with E-state index < -0.39 is 11.6 Å². The smallest absolute Gasteiger partial charge is 0.262 e. The first-order valence-corrected chi connectivity index (χ1v) is 2.90. The average molecular weight is 148 g/mol. The van der Waals surface area contributed by atoms with Gasteiger partial charge in [0.1, 0.15) is 6.07 Å². The molecule has 54 valence electrons. The molecule has 1 aliphatic heterocycles. The summed E-state index contributed by atoms with van der Waals surface area (Å²) in [6.07, 6.45) is 1.22. The van der Waals surface area contributed by atoms with Gasteiger partial charge in [0.25, 0.3) is 5.78 Å². The van der Waals surface area contributed by atoms with E-state index in [1.807, 2.05) is 0 Å². The van der Waals surface area contributed by atoms with Crippen molar-refractivity contribution < 1.29 is 9.59 Å². The van der Waals surface area contributed by atoms with E-state index in [9.17, 15) is 9.59 Å². The molecule has 1 heterocycles. The lowest BCUT2D eigenvalue weighted by molar-refractivity contribution is -0.130. The second-order valence-corrected chi connectivity index (χ2v) is 2.06. The van der Waals surface area contributed by atoms with Crippen LogP contribution < -0.4 is 0 Å². The Labute approximate surface area is 62.8 Å². The van der Waals surface area contributed by atoms with Gasteiger partial charge >= 0.3 is 0 Å². The largest absolute Gasteiger partial charge is 0.285 e. The molecule has 0 saturated carbocycles. The van der Waals surface area contributed by atoms with Gasteiger partial charge in [0, 0.05) is 11.8 Å². The van der Waals surface area contributed by atoms with Crippen molar-refractivity contribution in [1.82, 2.24) is 0 Å². The Balaban J connectivity index is 3.15. The molecule has 0 atom stereocenters. The van der Waals surface area contributed by atoms with E-state index in [1.54, 1.807) is 0 Å². The number of nitrogens with zero attached hydrogens (tertiary/aromatic N) is 2. The molecular weight excluding hydrogens is 144 g/mol. The Morgan fingerprint density at radius 1 is 1.45 bits per heavy atom. The van der Waals surface area contributed by atoms with Crippen LogP contribution in [0.1, 0.15) is 6.92 Å². The van der Waals surface area contributed by atoms with Crippen LogP contribution in [0.2, 0.25) is 0 Å². The quantitative estimate of drug-likeness (QED) is 0.454. The number of hydrogen-bond acceptors (Lipinski definition) is 4. The lowest BCUT2D eigenvalue weighted by Crippen LogP contribution is -2.25. The van der Waals surface area contributed by atoms with Gasteiger partial charge in [-0.1, -0.05) is 0 Å². The highest BCUT2D eigenvalue weighted by Gasteiger charge is 2.24. The summed E-state index contributed by atoms with van der Waals surface area (Å²) < 4.78 is 0. The summed E-state index contributed by atoms with van der Waals surface area (Å²) in [5.41, 5.74) is -0.0606. The zero-order valence-corrected chi connectivity index (χ0v) is 5.79. The molecule has 0 radical (unpaired) electrons. The Morgan fingerprint density at radius 3 is 2.64 bits per heavy atom. The number of ketones is 2. The summed E-state index contributed by atoms with van der Waals surface area (Å²) in [4.78, 5) is 25.2. The van der Waals surface area contributed by atoms with Gasteiger partial charge in [-0.05, 0) is 6.92 Å². The SMILES string of the molecule is CC1=CN=C(C#N)C(=O)C1=O. The van der Waals surface area contributed by atoms with Gasteiger partial charge in [-0.3, -0.25) is 9.59 Å². The van der Waals surface area contributed by atoms with Crippen molar-refractivity contribution in [3.05, 3.63) is 11.8 Å². The van der Waals surface area contributed by atoms with Gasteiger partial charge in [0.05, 0.1) is 0 Å². The monoisotopic (exact) mass is 148 g/mol. The van der Waals surface area contributed by atoms with Crippen LogP contribution in [0, 0.1) is 11.3 Å². The molecule has 0 aromatic rings. The van der Waals surface area contributed by atoms with Gasteiger partial charge < -0.3 is 0 Å². The fourth-order valence-electron chi connectivity index (χ4n) is 0.645. The number of carbonyl (C=O) groups is 2. The van der Waals surface area contributed by atoms with E-state index in [4.69, 9.17) is 5.26 Å². The Hall–Kier alpha value is -1.76. The summed E-state index contributed by atoms with van der Waals surface area (Å²) >= 11 is 0. The van der Waals surface area contributed by atoms with Crippen molar-refractivity contribution in [3.8, 4) is 6.07 Å². The second kappa shape index (κ2) is 2.46. The van der Waals surface area contributed by atoms with E-state index in [0.717, 1.165) is 0 Å². The third-order valence-electron chi connectivity index (χ3n) is 1.27. The minimum atomic E-state index is -0.812. The molecule has 0 aromatic carbocycles. The Bertz CT molecular complexity index is 331. The summed E-state index contributed by atoms with van der Waals surface area (Å²) in [5, 5.41) is 8.28. The number of aliphatic imine (C=N–C) groups is 1. The molecule has 0 saturated heterocycles. The van der Waals surface area contributed by atoms with Gasteiger partial charge in [-0.15, -0.1) is 0 Å². The van der Waals surface area contributed by atoms with Gasteiger partial charge in [-0.25, -0.2) is 4.99 Å². The molecule has 0 bridgehead atoms. The highest BCUT2D eigenvalue weighted by molar-refractivity contribution is 6.71. The topological polar surface area (TPSA) is 70.3 Å². The minimum absolute atomic E-state index is 0.272. The van der Waals surface area contributed by atoms with E-state index in [2.05, 4.69) is 4.99 Å². The first-order valence-electron chi connectivity index (χ1n) is 2.90. The number of hydrogen-bond donors (Lipinski definition) is 0. The van der Waals surface area contributed by atoms with Crippen LogP contribution in [0.3, 0.4) is 0 Å². The molecule has 1 rings (SSSR count). The normalized spacial score (nSPS) is 17.1. The maximum atomic E-state index is 10.8. The average Bonchev–Trinajstić information content (AvgIpc) is 2.01. The Morgan fingerprint density at radius 2 is 2.09 bits per heavy atom. The van der Waals surface area contributed by atoms with Crippen molar-refractivity contribution >= 4 is 17.3 Å². The van der Waals surface area contributed by atoms with Crippen LogP contribution in [0.4, 0.5) is 0 Å². The van der Waals surface area contributed by atoms with Crippen LogP contribution in [0.25, 0.3) is 0 Å². The Kier molecular flexibility index (Phi) is 1.65. The lowest BCUT2D eigenvalue weighted by Gasteiger charge is -2.00. The molecule has 0 amide bonds. The maximum absolute atomic E-state index is 10.8. The van der Waals surface area contributed by atoms with E-state index in [-0.39, 0.29) is 11.3 Å². The predicted octanol–water partition coefficient (Wildman–Crippen LogP) is 0.00658. The van der Waals surface area contributed by atoms with E-state index in [1.165, 1.54) is 19.2 Å². The molecule has 0 N–H and O–H groups in total. The molecule has 4 heteroatoms. The molecule has 0 spiro atoms. The predicted molar refractivity (Wildman–Crippen MR) is 36.8 cm³/mol. The number of allylic oxidation sites excluding steroid dienone is 1. The van der Waals surface area contributed by atoms with Crippen molar-refractivity contribution in [2.75, 3.05) is 0 Å². The molecular formula is C7H4N2O2. The summed E-state index contributed by atoms with van der Waals surface area (Å²) in [6, 6.07) is 1.54. The number of Topliss-reactive ketones (excluding diaryl/α,β-unsaturated/α-hetero) is 2. The van der Waals surface area contributed by atoms with Gasteiger partial charge in [0.15, 0.2) is 5.71 Å². The molecule has 0 aromatic heterocycles. The van der Waals surface area contributed by atoms with Crippen LogP contribution in [0.5, 0.6) is 0 Å². The fourth-order valence-corrected chi connectivity index (χ4v) is 0.645. The van der Waals surface area contributed by atoms with Crippen LogP contribution in [-0.4, -0.2) is 17.3 Å². The van der Waals surface area contributed by atoms with Crippen LogP contribution in [-0.2, 0) is 9.59 Å². The summed E-state index contributed by atoms with van der Waals surface area (Å²) in [5.74, 6) is -1.45. The number of carbonyl (C=O) groups excluding carboxylic acids is 2. The molecule has 1 aliphatic rings. The first kappa shape index (κ1) is 7.35. The molecule has 11 heavy (non-hydrogen) atoms. The zero-order chi connectivity index (χ0) is 8.43. The van der Waals surface area contributed by atoms with E-state index >= 15 is 0 Å². The first-order chi connectivity index (χ1) is 5.16. The standard InChI is InChI=1S/C7H4N2O2/c1-4-3-9-5(2-8)7(11)6(4)10/h3H,1H3. The summed E-state index contributed by atoms with van der Waals surface area (Å²) in [6.45, 7) is 1.48. The maximum Gasteiger partial charge on any atom is 0.262 e. The van der Waals surface area contributed by atoms with Crippen LogP contribution >= 0.6 is 0 Å². The zero-order valence-electron chi connectivity index (χ0n) is 5.79. The van der Waals surface area contributed by atoms with Crippen molar-refractivity contribution in [2.24, 2.45) is 4.99 Å². The van der Waals surface area contributed by atoms with Gasteiger partial charge in [-0.2, -0.15) is 5.26 Å². The lowest BCUT2D eigenvalue weighted by atomic mass is 10.1. The number of nitriles is 1. The molecule has 0 fully saturated rings. The number of rotatable bonds is 0. The van der Waals surface area contributed by atoms with Crippen LogP contribution in [0.15, 0.2) is 16.8 Å².